The minimum Gasteiger partial charge on any atom is -0.445 e. The SMILES string of the molecule is CCC=CCC=CCCCCCC(CCCCCCC)C(=O)COC(=O)N(C)CCN(C)C(=O)OCc1ccc(NC(=O)C(CCCNC(N)=O)NC(=O)C(NC(=O)CCC(N)C(=O)NCCN=[N+]=[N-])C(C)C)cc1. The van der Waals surface area contributed by atoms with Crippen molar-refractivity contribution in [3.05, 3.63) is 64.6 Å². The first kappa shape index (κ1) is 66.3. The Morgan fingerprint density at radius 1 is 0.733 bits per heavy atom. The highest BCUT2D eigenvalue weighted by Crippen LogP contribution is 2.21. The van der Waals surface area contributed by atoms with Crippen LogP contribution in [-0.2, 0) is 40.1 Å². The first-order valence-electron chi connectivity index (χ1n) is 26.6. The molecule has 22 nitrogen and oxygen atoms in total. The molecule has 4 unspecified atom stereocenters. The molecule has 0 aliphatic carbocycles. The van der Waals surface area contributed by atoms with E-state index in [4.69, 9.17) is 26.5 Å². The smallest absolute Gasteiger partial charge is 0.409 e. The summed E-state index contributed by atoms with van der Waals surface area (Å²) in [5, 5.41) is 16.4. The summed E-state index contributed by atoms with van der Waals surface area (Å²) in [6.07, 6.45) is 20.7. The molecule has 0 bridgehead atoms. The monoisotopic (exact) mass is 1050 g/mol. The van der Waals surface area contributed by atoms with Gasteiger partial charge >= 0.3 is 18.2 Å². The first-order chi connectivity index (χ1) is 35.9. The molecule has 0 fully saturated rings. The molecule has 75 heavy (non-hydrogen) atoms. The van der Waals surface area contributed by atoms with Gasteiger partial charge in [-0.2, -0.15) is 0 Å². The number of urea groups is 1. The number of nitrogens with two attached hydrogens (primary N) is 2. The zero-order valence-electron chi connectivity index (χ0n) is 45.4. The van der Waals surface area contributed by atoms with Crippen LogP contribution in [0.15, 0.2) is 53.7 Å². The van der Waals surface area contributed by atoms with Crippen molar-refractivity contribution in [2.45, 2.75) is 162 Å². The van der Waals surface area contributed by atoms with Crippen LogP contribution in [-0.4, -0.2) is 129 Å². The van der Waals surface area contributed by atoms with E-state index in [-0.39, 0.29) is 83.3 Å². The van der Waals surface area contributed by atoms with Gasteiger partial charge in [0.1, 0.15) is 18.7 Å². The third-order valence-electron chi connectivity index (χ3n) is 12.2. The molecule has 9 N–H and O–H groups in total. The van der Waals surface area contributed by atoms with E-state index < -0.39 is 65.9 Å². The molecular formula is C53H88N12O10. The maximum atomic E-state index is 13.6. The highest BCUT2D eigenvalue weighted by Gasteiger charge is 2.29. The Morgan fingerprint density at radius 3 is 2.00 bits per heavy atom. The molecule has 8 amide bonds. The molecule has 0 aliphatic rings. The molecule has 0 aromatic heterocycles. The number of nitrogens with zero attached hydrogens (tertiary/aromatic N) is 5. The number of carbonyl (C=O) groups excluding carboxylic acids is 8. The summed E-state index contributed by atoms with van der Waals surface area (Å²) in [6, 6.07) is 2.54. The molecule has 0 radical (unpaired) electrons. The average Bonchev–Trinajstić information content (AvgIpc) is 3.38. The molecule has 1 rings (SSSR count). The van der Waals surface area contributed by atoms with Gasteiger partial charge in [0, 0.05) is 69.8 Å². The number of rotatable bonds is 40. The molecule has 420 valence electrons. The van der Waals surface area contributed by atoms with Crippen LogP contribution in [0.4, 0.5) is 20.1 Å². The number of primary amides is 1. The van der Waals surface area contributed by atoms with Gasteiger partial charge in [0.05, 0.1) is 6.04 Å². The predicted octanol–water partition coefficient (Wildman–Crippen LogP) is 7.28. The number of hydrogen-bond donors (Lipinski definition) is 7. The van der Waals surface area contributed by atoms with E-state index in [0.29, 0.717) is 11.3 Å². The molecule has 0 aliphatic heterocycles. The zero-order chi connectivity index (χ0) is 55.8. The molecule has 0 heterocycles. The van der Waals surface area contributed by atoms with E-state index in [2.05, 4.69) is 74.8 Å². The van der Waals surface area contributed by atoms with Gasteiger partial charge in [0.2, 0.25) is 23.6 Å². The molecular weight excluding hydrogens is 965 g/mol. The molecule has 0 saturated carbocycles. The maximum absolute atomic E-state index is 13.6. The maximum Gasteiger partial charge on any atom is 0.409 e. The minimum absolute atomic E-state index is 0.0256. The van der Waals surface area contributed by atoms with Crippen LogP contribution in [0, 0.1) is 11.8 Å². The van der Waals surface area contributed by atoms with Crippen LogP contribution >= 0.6 is 0 Å². The van der Waals surface area contributed by atoms with E-state index in [0.717, 1.165) is 77.0 Å². The Hall–Kier alpha value is -6.67. The van der Waals surface area contributed by atoms with Crippen molar-refractivity contribution in [3.63, 3.8) is 0 Å². The second-order valence-corrected chi connectivity index (χ2v) is 18.9. The van der Waals surface area contributed by atoms with Gasteiger partial charge in [-0.15, -0.1) is 0 Å². The van der Waals surface area contributed by atoms with Gasteiger partial charge in [0.15, 0.2) is 12.4 Å². The summed E-state index contributed by atoms with van der Waals surface area (Å²) >= 11 is 0. The topological polar surface area (TPSA) is 322 Å². The number of unbranched alkanes of at least 4 members (excludes halogenated alkanes) is 7. The predicted molar refractivity (Wildman–Crippen MR) is 290 cm³/mol. The summed E-state index contributed by atoms with van der Waals surface area (Å²) in [4.78, 5) is 108. The summed E-state index contributed by atoms with van der Waals surface area (Å²) in [6.45, 7) is 7.84. The average molecular weight is 1050 g/mol. The standard InChI is InChI=1S/C53H88N12O10/c1-7-9-11-13-14-15-16-17-19-21-24-41(23-20-18-12-10-8-2)45(66)38-75-53(73)65(6)36-35-64(5)52(72)74-37-40-26-28-42(29-27-40)60-49(69)44(25-22-32-58-51(55)71)61-50(70)47(39(3)4)62-46(67)31-30-43(54)48(68)57-33-34-59-63-56/h9,11,14-15,26-29,39,41,43-44,47H,7-8,10,12-13,16-25,30-38,54H2,1-6H3,(H,57,68)(H,60,69)(H,61,70)(H,62,67)(H3,55,58,71). The Morgan fingerprint density at radius 2 is 1.37 bits per heavy atom. The number of Topliss-reactive ketones (excluding diaryl/α,β-unsaturated/α-hetero) is 1. The van der Waals surface area contributed by atoms with E-state index >= 15 is 0 Å². The van der Waals surface area contributed by atoms with E-state index in [1.54, 1.807) is 38.1 Å². The second-order valence-electron chi connectivity index (χ2n) is 18.9. The molecule has 22 heteroatoms. The Kier molecular flexibility index (Phi) is 36.0. The summed E-state index contributed by atoms with van der Waals surface area (Å²) in [7, 11) is 3.07. The van der Waals surface area contributed by atoms with E-state index in [9.17, 15) is 38.4 Å². The zero-order valence-corrected chi connectivity index (χ0v) is 45.4. The van der Waals surface area contributed by atoms with Crippen molar-refractivity contribution in [2.24, 2.45) is 28.4 Å². The normalized spacial score (nSPS) is 12.7. The van der Waals surface area contributed by atoms with Gasteiger partial charge in [-0.3, -0.25) is 24.0 Å². The number of amides is 8. The quantitative estimate of drug-likeness (QED) is 0.0113. The Bertz CT molecular complexity index is 1990. The Balaban J connectivity index is 2.74. The lowest BCUT2D eigenvalue weighted by Crippen LogP contribution is -2.54. The number of hydrogen-bond acceptors (Lipinski definition) is 12. The lowest BCUT2D eigenvalue weighted by molar-refractivity contribution is -0.132. The number of benzene rings is 1. The summed E-state index contributed by atoms with van der Waals surface area (Å²) in [5.41, 5.74) is 20.4. The van der Waals surface area contributed by atoms with Gasteiger partial charge in [-0.1, -0.05) is 114 Å². The van der Waals surface area contributed by atoms with Crippen LogP contribution in [0.3, 0.4) is 0 Å². The molecule has 0 spiro atoms. The lowest BCUT2D eigenvalue weighted by atomic mass is 9.91. The third kappa shape index (κ3) is 31.6. The largest absolute Gasteiger partial charge is 0.445 e. The fraction of sp³-hybridized carbons (Fsp3) is 0.660. The molecule has 1 aromatic carbocycles. The van der Waals surface area contributed by atoms with Gasteiger partial charge in [0.25, 0.3) is 0 Å². The summed E-state index contributed by atoms with van der Waals surface area (Å²) < 4.78 is 10.9. The highest BCUT2D eigenvalue weighted by atomic mass is 16.6. The molecule has 1 aromatic rings. The molecule has 4 atom stereocenters. The number of azide groups is 1. The van der Waals surface area contributed by atoms with Crippen LogP contribution in [0.1, 0.15) is 142 Å². The van der Waals surface area contributed by atoms with Crippen molar-refractivity contribution < 1.29 is 47.8 Å². The fourth-order valence-corrected chi connectivity index (χ4v) is 7.51. The van der Waals surface area contributed by atoms with E-state index in [1.807, 2.05) is 0 Å². The van der Waals surface area contributed by atoms with Crippen LogP contribution in [0.5, 0.6) is 0 Å². The number of anilines is 1. The van der Waals surface area contributed by atoms with Gasteiger partial charge in [-0.25, -0.2) is 14.4 Å². The van der Waals surface area contributed by atoms with Crippen molar-refractivity contribution in [3.8, 4) is 0 Å². The van der Waals surface area contributed by atoms with Gasteiger partial charge in [-0.05, 0) is 86.9 Å². The Labute approximate surface area is 444 Å². The highest BCUT2D eigenvalue weighted by molar-refractivity contribution is 5.98. The number of ether oxygens (including phenoxy) is 2. The molecule has 0 saturated heterocycles. The van der Waals surface area contributed by atoms with Crippen molar-refractivity contribution in [1.82, 2.24) is 31.1 Å². The first-order valence-corrected chi connectivity index (χ1v) is 26.6. The lowest BCUT2D eigenvalue weighted by Gasteiger charge is -2.25. The number of likely N-dealkylation sites (N-methyl/N-ethyl adjacent to an activating group) is 2. The van der Waals surface area contributed by atoms with Gasteiger partial charge < -0.3 is 57.3 Å². The van der Waals surface area contributed by atoms with Crippen molar-refractivity contribution in [1.29, 1.82) is 0 Å². The number of carbonyl (C=O) groups is 8. The van der Waals surface area contributed by atoms with Crippen LogP contribution in [0.25, 0.3) is 10.4 Å². The van der Waals surface area contributed by atoms with E-state index in [1.165, 1.54) is 30.3 Å². The van der Waals surface area contributed by atoms with Crippen LogP contribution < -0.4 is 38.1 Å². The number of allylic oxidation sites excluding steroid dienone is 4. The second kappa shape index (κ2) is 40.7. The van der Waals surface area contributed by atoms with Crippen molar-refractivity contribution >= 4 is 53.3 Å². The van der Waals surface area contributed by atoms with Crippen LogP contribution in [0.2, 0.25) is 0 Å². The summed E-state index contributed by atoms with van der Waals surface area (Å²) in [5.74, 6) is -2.91. The third-order valence-corrected chi connectivity index (χ3v) is 12.2. The van der Waals surface area contributed by atoms with Crippen molar-refractivity contribution in [2.75, 3.05) is 58.7 Å². The minimum atomic E-state index is -1.10. The number of nitrogens with one attached hydrogen (secondary N) is 5. The number of ketones is 1. The fourth-order valence-electron chi connectivity index (χ4n) is 7.51.